The van der Waals surface area contributed by atoms with Crippen LogP contribution in [-0.4, -0.2) is 17.0 Å². The number of hydrogen-bond acceptors (Lipinski definition) is 2. The van der Waals surface area contributed by atoms with Gasteiger partial charge in [-0.05, 0) is 42.2 Å². The molecule has 1 atom stereocenters. The zero-order chi connectivity index (χ0) is 14.9. The van der Waals surface area contributed by atoms with E-state index in [4.69, 9.17) is 17.3 Å². The molecule has 0 saturated carbocycles. The van der Waals surface area contributed by atoms with E-state index in [0.29, 0.717) is 6.54 Å². The number of nitrogens with two attached hydrogens (primary N) is 1. The van der Waals surface area contributed by atoms with Crippen LogP contribution < -0.4 is 5.73 Å². The van der Waals surface area contributed by atoms with Gasteiger partial charge >= 0.3 is 0 Å². The van der Waals surface area contributed by atoms with Crippen LogP contribution >= 0.6 is 11.6 Å². The Morgan fingerprint density at radius 2 is 1.62 bits per heavy atom. The summed E-state index contributed by atoms with van der Waals surface area (Å²) in [7, 11) is 0. The van der Waals surface area contributed by atoms with Crippen LogP contribution in [0.25, 0.3) is 0 Å². The van der Waals surface area contributed by atoms with E-state index < -0.39 is 0 Å². The summed E-state index contributed by atoms with van der Waals surface area (Å²) in [5.41, 5.74) is 10.2. The summed E-state index contributed by atoms with van der Waals surface area (Å²) in [4.78, 5) is 2.49. The third kappa shape index (κ3) is 2.98. The molecule has 2 N–H and O–H groups in total. The lowest BCUT2D eigenvalue weighted by Gasteiger charge is -2.38. The highest BCUT2D eigenvalue weighted by Crippen LogP contribution is 2.31. The van der Waals surface area contributed by atoms with E-state index in [9.17, 15) is 0 Å². The van der Waals surface area contributed by atoms with E-state index in [1.165, 1.54) is 16.7 Å². The van der Waals surface area contributed by atoms with E-state index in [1.807, 2.05) is 12.1 Å². The van der Waals surface area contributed by atoms with Gasteiger partial charge in [0.05, 0.1) is 0 Å². The molecule has 0 radical (unpaired) electrons. The van der Waals surface area contributed by atoms with Crippen LogP contribution in [0.4, 0.5) is 0 Å². The lowest BCUT2D eigenvalue weighted by molar-refractivity contribution is 0.108. The first-order chi connectivity index (χ1) is 10.1. The van der Waals surface area contributed by atoms with Gasteiger partial charge < -0.3 is 5.73 Å². The van der Waals surface area contributed by atoms with E-state index in [1.54, 1.807) is 0 Å². The monoisotopic (exact) mass is 300 g/mol. The van der Waals surface area contributed by atoms with Gasteiger partial charge in [0, 0.05) is 30.2 Å². The van der Waals surface area contributed by atoms with Gasteiger partial charge in [0.1, 0.15) is 0 Å². The van der Waals surface area contributed by atoms with Crippen molar-refractivity contribution < 1.29 is 0 Å². The fourth-order valence-electron chi connectivity index (χ4n) is 3.07. The molecule has 1 aliphatic heterocycles. The Hall–Kier alpha value is -1.35. The number of fused-ring (bicyclic) bond motifs is 1. The molecule has 1 unspecified atom stereocenters. The van der Waals surface area contributed by atoms with Crippen molar-refractivity contribution in [3.8, 4) is 0 Å². The fraction of sp³-hybridized carbons (Fsp3) is 0.333. The summed E-state index contributed by atoms with van der Waals surface area (Å²) in [6, 6.07) is 16.8. The Labute approximate surface area is 131 Å². The summed E-state index contributed by atoms with van der Waals surface area (Å²) in [6.45, 7) is 4.87. The molecule has 0 aliphatic carbocycles. The third-order valence-corrected chi connectivity index (χ3v) is 4.79. The second-order valence-electron chi connectivity index (χ2n) is 6.13. The minimum atomic E-state index is -0.0349. The minimum absolute atomic E-state index is 0.0349. The van der Waals surface area contributed by atoms with Gasteiger partial charge in [-0.3, -0.25) is 4.90 Å². The van der Waals surface area contributed by atoms with Gasteiger partial charge in [-0.2, -0.15) is 0 Å². The molecule has 0 saturated heterocycles. The van der Waals surface area contributed by atoms with E-state index in [-0.39, 0.29) is 5.54 Å². The Balaban J connectivity index is 1.79. The maximum absolute atomic E-state index is 6.13. The molecule has 0 fully saturated rings. The second-order valence-corrected chi connectivity index (χ2v) is 6.57. The molecular formula is C18H21ClN2. The number of benzene rings is 2. The number of rotatable bonds is 4. The third-order valence-electron chi connectivity index (χ3n) is 4.54. The van der Waals surface area contributed by atoms with Crippen LogP contribution in [0.3, 0.4) is 0 Å². The molecule has 1 aliphatic rings. The number of hydrogen-bond donors (Lipinski definition) is 1. The maximum atomic E-state index is 6.13. The molecule has 1 heterocycles. The molecule has 2 aromatic rings. The van der Waals surface area contributed by atoms with Gasteiger partial charge in [0.15, 0.2) is 0 Å². The van der Waals surface area contributed by atoms with Crippen LogP contribution in [0.1, 0.15) is 23.6 Å². The topological polar surface area (TPSA) is 29.3 Å². The minimum Gasteiger partial charge on any atom is -0.329 e. The van der Waals surface area contributed by atoms with E-state index in [0.717, 1.165) is 24.5 Å². The molecule has 0 bridgehead atoms. The van der Waals surface area contributed by atoms with Gasteiger partial charge in [0.25, 0.3) is 0 Å². The standard InChI is InChI=1S/C18H21ClN2/c1-18(13-20,10-14-6-8-17(19)9-7-14)21-11-15-4-2-3-5-16(15)12-21/h2-9H,10-13,20H2,1H3. The van der Waals surface area contributed by atoms with Crippen LogP contribution in [0, 0.1) is 0 Å². The first-order valence-electron chi connectivity index (χ1n) is 7.37. The average molecular weight is 301 g/mol. The normalized spacial score (nSPS) is 17.5. The van der Waals surface area contributed by atoms with Gasteiger partial charge in [-0.25, -0.2) is 0 Å². The molecule has 3 heteroatoms. The molecule has 2 aromatic carbocycles. The van der Waals surface area contributed by atoms with Crippen molar-refractivity contribution in [3.05, 3.63) is 70.2 Å². The van der Waals surface area contributed by atoms with Gasteiger partial charge in [-0.1, -0.05) is 48.0 Å². The first-order valence-corrected chi connectivity index (χ1v) is 7.75. The quantitative estimate of drug-likeness (QED) is 0.934. The van der Waals surface area contributed by atoms with Crippen molar-refractivity contribution in [2.45, 2.75) is 32.0 Å². The van der Waals surface area contributed by atoms with Crippen molar-refractivity contribution in [1.29, 1.82) is 0 Å². The largest absolute Gasteiger partial charge is 0.329 e. The highest BCUT2D eigenvalue weighted by atomic mass is 35.5. The molecule has 0 aromatic heterocycles. The molecule has 2 nitrogen and oxygen atoms in total. The summed E-state index contributed by atoms with van der Waals surface area (Å²) in [5, 5.41) is 0.779. The second kappa shape index (κ2) is 5.80. The van der Waals surface area contributed by atoms with Crippen LogP contribution in [0.2, 0.25) is 5.02 Å². The number of nitrogens with zero attached hydrogens (tertiary/aromatic N) is 1. The summed E-state index contributed by atoms with van der Waals surface area (Å²) in [5.74, 6) is 0. The van der Waals surface area contributed by atoms with Crippen molar-refractivity contribution in [2.24, 2.45) is 5.73 Å². The SMILES string of the molecule is CC(CN)(Cc1ccc(Cl)cc1)N1Cc2ccccc2C1. The highest BCUT2D eigenvalue weighted by Gasteiger charge is 2.34. The summed E-state index contributed by atoms with van der Waals surface area (Å²) >= 11 is 5.97. The Kier molecular flexibility index (Phi) is 4.03. The molecular weight excluding hydrogens is 280 g/mol. The molecule has 3 rings (SSSR count). The Morgan fingerprint density at radius 1 is 1.05 bits per heavy atom. The average Bonchev–Trinajstić information content (AvgIpc) is 2.94. The first kappa shape index (κ1) is 14.6. The zero-order valence-electron chi connectivity index (χ0n) is 12.3. The van der Waals surface area contributed by atoms with Gasteiger partial charge in [0.2, 0.25) is 0 Å². The van der Waals surface area contributed by atoms with Crippen LogP contribution in [-0.2, 0) is 19.5 Å². The van der Waals surface area contributed by atoms with E-state index >= 15 is 0 Å². The lowest BCUT2D eigenvalue weighted by Crippen LogP contribution is -2.50. The zero-order valence-corrected chi connectivity index (χ0v) is 13.1. The van der Waals surface area contributed by atoms with Crippen molar-refractivity contribution in [3.63, 3.8) is 0 Å². The predicted molar refractivity (Wildman–Crippen MR) is 88.3 cm³/mol. The summed E-state index contributed by atoms with van der Waals surface area (Å²) in [6.07, 6.45) is 0.939. The molecule has 110 valence electrons. The number of halogens is 1. The molecule has 0 spiro atoms. The Bertz CT molecular complexity index is 598. The Morgan fingerprint density at radius 3 is 2.14 bits per heavy atom. The van der Waals surface area contributed by atoms with Crippen molar-refractivity contribution in [2.75, 3.05) is 6.54 Å². The van der Waals surface area contributed by atoms with Crippen LogP contribution in [0.15, 0.2) is 48.5 Å². The predicted octanol–water partition coefficient (Wildman–Crippen LogP) is 3.62. The van der Waals surface area contributed by atoms with Crippen molar-refractivity contribution >= 4 is 11.6 Å². The lowest BCUT2D eigenvalue weighted by atomic mass is 9.91. The van der Waals surface area contributed by atoms with E-state index in [2.05, 4.69) is 48.2 Å². The smallest absolute Gasteiger partial charge is 0.0406 e. The highest BCUT2D eigenvalue weighted by molar-refractivity contribution is 6.30. The maximum Gasteiger partial charge on any atom is 0.0406 e. The van der Waals surface area contributed by atoms with Gasteiger partial charge in [-0.15, -0.1) is 0 Å². The molecule has 0 amide bonds. The van der Waals surface area contributed by atoms with Crippen molar-refractivity contribution in [1.82, 2.24) is 4.90 Å². The van der Waals surface area contributed by atoms with Crippen LogP contribution in [0.5, 0.6) is 0 Å². The molecule has 21 heavy (non-hydrogen) atoms. The summed E-state index contributed by atoms with van der Waals surface area (Å²) < 4.78 is 0. The fourth-order valence-corrected chi connectivity index (χ4v) is 3.20.